The summed E-state index contributed by atoms with van der Waals surface area (Å²) in [5.74, 6) is -0.480. The predicted molar refractivity (Wildman–Crippen MR) is 86.4 cm³/mol. The summed E-state index contributed by atoms with van der Waals surface area (Å²) in [6, 6.07) is 5.86. The average Bonchev–Trinajstić information content (AvgIpc) is 2.39. The maximum Gasteiger partial charge on any atom is 0.197 e. The number of rotatable bonds is 2. The molecule has 0 aliphatic rings. The first kappa shape index (κ1) is 16.2. The molecule has 2 rings (SSSR count). The number of carbonyl (C=O) groups is 1. The van der Waals surface area contributed by atoms with E-state index in [-0.39, 0.29) is 36.2 Å². The second-order valence-electron chi connectivity index (χ2n) is 3.80. The van der Waals surface area contributed by atoms with Gasteiger partial charge >= 0.3 is 0 Å². The van der Waals surface area contributed by atoms with Gasteiger partial charge in [-0.1, -0.05) is 69.6 Å². The van der Waals surface area contributed by atoms with Gasteiger partial charge in [-0.2, -0.15) is 0 Å². The molecule has 0 atom stereocenters. The topological polar surface area (TPSA) is 17.1 Å². The highest BCUT2D eigenvalue weighted by Crippen LogP contribution is 2.39. The maximum absolute atomic E-state index is 12.5. The minimum atomic E-state index is -0.480. The summed E-state index contributed by atoms with van der Waals surface area (Å²) in [5, 5.41) is 0.882. The third-order valence-electron chi connectivity index (χ3n) is 2.51. The molecule has 0 fully saturated rings. The van der Waals surface area contributed by atoms with Gasteiger partial charge in [-0.05, 0) is 24.3 Å². The molecule has 0 aliphatic carbocycles. The molecule has 0 amide bonds. The van der Waals surface area contributed by atoms with E-state index in [9.17, 15) is 4.79 Å². The van der Waals surface area contributed by atoms with Crippen molar-refractivity contribution in [2.75, 3.05) is 0 Å². The Hall–Kier alpha value is -0.150. The number of hydrogen-bond acceptors (Lipinski definition) is 1. The van der Waals surface area contributed by atoms with Crippen LogP contribution < -0.4 is 0 Å². The average molecular weight is 389 g/mol. The lowest BCUT2D eigenvalue weighted by molar-refractivity contribution is 0.103. The van der Waals surface area contributed by atoms with Gasteiger partial charge in [0.1, 0.15) is 0 Å². The number of benzene rings is 2. The number of carbonyl (C=O) groups excluding carboxylic acids is 1. The highest BCUT2D eigenvalue weighted by Gasteiger charge is 2.23. The largest absolute Gasteiger partial charge is 0.288 e. The fourth-order valence-corrected chi connectivity index (χ4v) is 3.04. The van der Waals surface area contributed by atoms with Crippen molar-refractivity contribution >= 4 is 75.4 Å². The van der Waals surface area contributed by atoms with Crippen molar-refractivity contribution in [3.63, 3.8) is 0 Å². The monoisotopic (exact) mass is 386 g/mol. The molecule has 2 aromatic rings. The summed E-state index contributed by atoms with van der Waals surface area (Å²) in [4.78, 5) is 12.5. The van der Waals surface area contributed by atoms with E-state index < -0.39 is 5.78 Å². The molecule has 0 unspecified atom stereocenters. The predicted octanol–water partition coefficient (Wildman–Crippen LogP) is 6.84. The molecule has 2 aromatic carbocycles. The lowest BCUT2D eigenvalue weighted by Gasteiger charge is -2.10. The Morgan fingerprint density at radius 2 is 1.40 bits per heavy atom. The van der Waals surface area contributed by atoms with Crippen LogP contribution >= 0.6 is 69.6 Å². The zero-order chi connectivity index (χ0) is 15.0. The van der Waals surface area contributed by atoms with Gasteiger partial charge in [0.2, 0.25) is 0 Å². The molecular formula is C13H4Cl6O. The molecule has 0 saturated heterocycles. The normalized spacial score (nSPS) is 10.7. The lowest BCUT2D eigenvalue weighted by Crippen LogP contribution is -2.05. The van der Waals surface area contributed by atoms with Gasteiger partial charge in [-0.3, -0.25) is 4.79 Å². The molecule has 7 heteroatoms. The molecule has 104 valence electrons. The molecule has 0 aromatic heterocycles. The van der Waals surface area contributed by atoms with Gasteiger partial charge in [0.25, 0.3) is 0 Å². The summed E-state index contributed by atoms with van der Waals surface area (Å²) in [7, 11) is 0. The summed E-state index contributed by atoms with van der Waals surface area (Å²) < 4.78 is 0. The van der Waals surface area contributed by atoms with Gasteiger partial charge < -0.3 is 0 Å². The first-order valence-corrected chi connectivity index (χ1v) is 7.42. The third kappa shape index (κ3) is 3.04. The first-order valence-electron chi connectivity index (χ1n) is 5.15. The van der Waals surface area contributed by atoms with Crippen molar-refractivity contribution in [2.24, 2.45) is 0 Å². The molecule has 0 saturated carbocycles. The van der Waals surface area contributed by atoms with E-state index in [1.807, 2.05) is 0 Å². The van der Waals surface area contributed by atoms with Crippen molar-refractivity contribution in [3.8, 4) is 0 Å². The molecule has 1 nitrogen and oxygen atoms in total. The smallest absolute Gasteiger partial charge is 0.197 e. The van der Waals surface area contributed by atoms with Gasteiger partial charge in [0.05, 0.1) is 30.7 Å². The molecule has 0 spiro atoms. The van der Waals surface area contributed by atoms with E-state index in [1.54, 1.807) is 6.07 Å². The summed E-state index contributed by atoms with van der Waals surface area (Å²) in [6.45, 7) is 0. The second kappa shape index (κ2) is 6.31. The van der Waals surface area contributed by atoms with Gasteiger partial charge in [-0.25, -0.2) is 0 Å². The van der Waals surface area contributed by atoms with Gasteiger partial charge in [0, 0.05) is 10.6 Å². The van der Waals surface area contributed by atoms with Crippen LogP contribution in [0.5, 0.6) is 0 Å². The second-order valence-corrected chi connectivity index (χ2v) is 6.21. The van der Waals surface area contributed by atoms with Crippen molar-refractivity contribution in [3.05, 3.63) is 65.5 Å². The Kier molecular flexibility index (Phi) is 5.12. The van der Waals surface area contributed by atoms with E-state index in [2.05, 4.69) is 0 Å². The molecule has 0 bridgehead atoms. The fourth-order valence-electron chi connectivity index (χ4n) is 1.58. The first-order chi connectivity index (χ1) is 9.32. The van der Waals surface area contributed by atoms with Gasteiger partial charge in [0.15, 0.2) is 5.78 Å². The summed E-state index contributed by atoms with van der Waals surface area (Å²) in [5.41, 5.74) is 0.216. The number of halogens is 6. The highest BCUT2D eigenvalue weighted by atomic mass is 35.5. The fraction of sp³-hybridized carbons (Fsp3) is 0. The summed E-state index contributed by atoms with van der Waals surface area (Å²) in [6.07, 6.45) is 0. The number of ketones is 1. The van der Waals surface area contributed by atoms with E-state index in [4.69, 9.17) is 69.6 Å². The molecular weight excluding hydrogens is 385 g/mol. The minimum absolute atomic E-state index is 0.0230. The van der Waals surface area contributed by atoms with Crippen LogP contribution in [0.25, 0.3) is 0 Å². The summed E-state index contributed by atoms with van der Waals surface area (Å²) >= 11 is 35.7. The van der Waals surface area contributed by atoms with Crippen LogP contribution in [0.3, 0.4) is 0 Å². The lowest BCUT2D eigenvalue weighted by atomic mass is 10.0. The van der Waals surface area contributed by atoms with Crippen molar-refractivity contribution in [1.82, 2.24) is 0 Å². The zero-order valence-electron chi connectivity index (χ0n) is 9.49. The molecule has 0 heterocycles. The van der Waals surface area contributed by atoms with Crippen LogP contribution in [0.2, 0.25) is 30.1 Å². The third-order valence-corrected chi connectivity index (χ3v) is 4.64. The Morgan fingerprint density at radius 1 is 0.750 bits per heavy atom. The Balaban J connectivity index is 2.66. The molecule has 20 heavy (non-hydrogen) atoms. The van der Waals surface area contributed by atoms with Gasteiger partial charge in [-0.15, -0.1) is 0 Å². The van der Waals surface area contributed by atoms with Crippen LogP contribution in [-0.4, -0.2) is 5.78 Å². The van der Waals surface area contributed by atoms with E-state index in [1.165, 1.54) is 18.2 Å². The standard InChI is InChI=1S/C13H4Cl6O/c14-5-1-2-7(15)6(3-5)13(20)10-8(16)4-9(17)11(18)12(10)19/h1-4H. The van der Waals surface area contributed by atoms with Crippen LogP contribution in [0.15, 0.2) is 24.3 Å². The van der Waals surface area contributed by atoms with Crippen molar-refractivity contribution < 1.29 is 4.79 Å². The van der Waals surface area contributed by atoms with Crippen molar-refractivity contribution in [1.29, 1.82) is 0 Å². The zero-order valence-corrected chi connectivity index (χ0v) is 14.0. The van der Waals surface area contributed by atoms with E-state index >= 15 is 0 Å². The molecule has 0 radical (unpaired) electrons. The Bertz CT molecular complexity index is 710. The number of hydrogen-bond donors (Lipinski definition) is 0. The highest BCUT2D eigenvalue weighted by molar-refractivity contribution is 6.52. The maximum atomic E-state index is 12.5. The molecule has 0 aliphatic heterocycles. The van der Waals surface area contributed by atoms with Crippen LogP contribution in [-0.2, 0) is 0 Å². The molecule has 0 N–H and O–H groups in total. The quantitative estimate of drug-likeness (QED) is 0.312. The van der Waals surface area contributed by atoms with Crippen LogP contribution in [0, 0.1) is 0 Å². The SMILES string of the molecule is O=C(c1cc(Cl)ccc1Cl)c1c(Cl)cc(Cl)c(Cl)c1Cl. The van der Waals surface area contributed by atoms with E-state index in [0.717, 1.165) is 0 Å². The Morgan fingerprint density at radius 3 is 2.05 bits per heavy atom. The minimum Gasteiger partial charge on any atom is -0.288 e. The van der Waals surface area contributed by atoms with Crippen molar-refractivity contribution in [2.45, 2.75) is 0 Å². The van der Waals surface area contributed by atoms with Crippen LogP contribution in [0.4, 0.5) is 0 Å². The van der Waals surface area contributed by atoms with Crippen LogP contribution in [0.1, 0.15) is 15.9 Å². The van der Waals surface area contributed by atoms with E-state index in [0.29, 0.717) is 5.02 Å². The Labute approximate surface area is 145 Å².